The fourth-order valence-electron chi connectivity index (χ4n) is 0.679. The number of rotatable bonds is 2. The number of hydrogen-bond donors (Lipinski definition) is 1. The minimum absolute atomic E-state index is 0.00926. The van der Waals surface area contributed by atoms with E-state index < -0.39 is 10.0 Å². The van der Waals surface area contributed by atoms with Crippen molar-refractivity contribution in [1.82, 2.24) is 3.49 Å². The van der Waals surface area contributed by atoms with Crippen LogP contribution in [0.5, 0.6) is 0 Å². The van der Waals surface area contributed by atoms with Gasteiger partial charge in [0.2, 0.25) is 0 Å². The summed E-state index contributed by atoms with van der Waals surface area (Å²) in [6.45, 7) is 0. The minimum Gasteiger partial charge on any atom is -0.289 e. The summed E-state index contributed by atoms with van der Waals surface area (Å²) in [5.41, 5.74) is 0. The molecule has 1 N–H and O–H groups in total. The Hall–Kier alpha value is -0.430. The molecule has 0 aromatic heterocycles. The first kappa shape index (κ1) is 9.66. The van der Waals surface area contributed by atoms with Crippen molar-refractivity contribution in [1.29, 1.82) is 0 Å². The summed E-state index contributed by atoms with van der Waals surface area (Å²) >= 11 is 2.43. The lowest BCUT2D eigenvalue weighted by Crippen LogP contribution is -2.16. The Morgan fingerprint density at radius 2 is 1.75 bits per heavy atom. The predicted molar refractivity (Wildman–Crippen MR) is 46.2 cm³/mol. The molecular weight excluding hydrogens is 246 g/mol. The molecule has 0 bridgehead atoms. The molecule has 0 fully saturated rings. The molecule has 0 atom stereocenters. The van der Waals surface area contributed by atoms with E-state index in [0.29, 0.717) is 0 Å². The number of sulfonamides is 1. The Labute approximate surface area is 78.8 Å². The van der Waals surface area contributed by atoms with Gasteiger partial charge in [0.05, 0.1) is 21.0 Å². The molecule has 4 nitrogen and oxygen atoms in total. The largest absolute Gasteiger partial charge is 0.289 e. The van der Waals surface area contributed by atoms with Crippen LogP contribution in [0.3, 0.4) is 0 Å². The van der Waals surface area contributed by atoms with Crippen molar-refractivity contribution in [3.05, 3.63) is 30.3 Å². The van der Waals surface area contributed by atoms with Crippen LogP contribution < -0.4 is 0 Å². The predicted octanol–water partition coefficient (Wildman–Crippen LogP) is 1.38. The highest BCUT2D eigenvalue weighted by molar-refractivity contribution is 9.08. The zero-order valence-corrected chi connectivity index (χ0v) is 8.29. The van der Waals surface area contributed by atoms with Crippen molar-refractivity contribution in [2.24, 2.45) is 0 Å². The van der Waals surface area contributed by atoms with Crippen LogP contribution in [-0.2, 0) is 10.0 Å². The summed E-state index contributed by atoms with van der Waals surface area (Å²) < 4.78 is 22.3. The Kier molecular flexibility index (Phi) is 2.84. The van der Waals surface area contributed by atoms with Crippen LogP contribution in [0, 0.1) is 0 Å². The Balaban J connectivity index is 3.17. The van der Waals surface area contributed by atoms with E-state index in [2.05, 4.69) is 16.1 Å². The maximum Gasteiger partial charge on any atom is 0.274 e. The normalized spacial score (nSPS) is 11.9. The highest BCUT2D eigenvalue weighted by atomic mass is 79.9. The van der Waals surface area contributed by atoms with Gasteiger partial charge >= 0.3 is 0 Å². The van der Waals surface area contributed by atoms with Crippen molar-refractivity contribution in [3.8, 4) is 0 Å². The van der Waals surface area contributed by atoms with Gasteiger partial charge in [-0.2, -0.15) is 0 Å². The highest BCUT2D eigenvalue weighted by Gasteiger charge is 2.19. The molecule has 1 aromatic carbocycles. The van der Waals surface area contributed by atoms with Gasteiger partial charge in [0, 0.05) is 0 Å². The van der Waals surface area contributed by atoms with Crippen LogP contribution in [0.25, 0.3) is 0 Å². The van der Waals surface area contributed by atoms with Gasteiger partial charge in [0.25, 0.3) is 10.0 Å². The molecule has 0 radical (unpaired) electrons. The second kappa shape index (κ2) is 3.53. The van der Waals surface area contributed by atoms with Gasteiger partial charge in [-0.05, 0) is 15.6 Å². The van der Waals surface area contributed by atoms with E-state index in [4.69, 9.17) is 5.21 Å². The molecule has 1 rings (SSSR count). The molecule has 0 amide bonds. The summed E-state index contributed by atoms with van der Waals surface area (Å²) in [5, 5.41) is 8.70. The van der Waals surface area contributed by atoms with Crippen LogP contribution in [0.1, 0.15) is 0 Å². The van der Waals surface area contributed by atoms with E-state index >= 15 is 0 Å². The lowest BCUT2D eigenvalue weighted by Gasteiger charge is -2.05. The molecule has 0 saturated heterocycles. The molecule has 1 aromatic rings. The lowest BCUT2D eigenvalue weighted by molar-refractivity contribution is 0.118. The maximum atomic E-state index is 11.2. The van der Waals surface area contributed by atoms with Crippen molar-refractivity contribution in [2.45, 2.75) is 4.90 Å². The third kappa shape index (κ3) is 1.84. The first-order chi connectivity index (χ1) is 5.55. The summed E-state index contributed by atoms with van der Waals surface area (Å²) in [7, 11) is -3.77. The lowest BCUT2D eigenvalue weighted by atomic mass is 10.4. The molecule has 0 unspecified atom stereocenters. The Morgan fingerprint density at radius 1 is 1.25 bits per heavy atom. The van der Waals surface area contributed by atoms with Crippen LogP contribution in [0.4, 0.5) is 0 Å². The molecule has 0 aliphatic heterocycles. The second-order valence-electron chi connectivity index (χ2n) is 2.01. The third-order valence-electron chi connectivity index (χ3n) is 1.24. The second-order valence-corrected chi connectivity index (χ2v) is 4.92. The zero-order valence-electron chi connectivity index (χ0n) is 5.88. The maximum absolute atomic E-state index is 11.2. The van der Waals surface area contributed by atoms with Crippen LogP contribution in [-0.4, -0.2) is 17.1 Å². The van der Waals surface area contributed by atoms with Gasteiger partial charge in [-0.1, -0.05) is 18.2 Å². The van der Waals surface area contributed by atoms with Crippen molar-refractivity contribution >= 4 is 26.2 Å². The van der Waals surface area contributed by atoms with E-state index in [1.54, 1.807) is 18.2 Å². The van der Waals surface area contributed by atoms with Gasteiger partial charge in [-0.25, -0.2) is 8.42 Å². The minimum atomic E-state index is -3.77. The summed E-state index contributed by atoms with van der Waals surface area (Å²) in [6, 6.07) is 7.61. The number of halogens is 1. The van der Waals surface area contributed by atoms with E-state index in [0.717, 1.165) is 0 Å². The van der Waals surface area contributed by atoms with Gasteiger partial charge < -0.3 is 0 Å². The molecule has 0 heterocycles. The van der Waals surface area contributed by atoms with E-state index in [1.165, 1.54) is 12.1 Å². The molecule has 6 heteroatoms. The summed E-state index contributed by atoms with van der Waals surface area (Å²) in [5.74, 6) is 0. The Bertz CT molecular complexity index is 348. The van der Waals surface area contributed by atoms with E-state index in [1.807, 2.05) is 0 Å². The summed E-state index contributed by atoms with van der Waals surface area (Å²) in [6.07, 6.45) is 0. The molecule has 0 aliphatic rings. The first-order valence-corrected chi connectivity index (χ1v) is 5.15. The van der Waals surface area contributed by atoms with Gasteiger partial charge in [-0.3, -0.25) is 5.21 Å². The van der Waals surface area contributed by atoms with Crippen molar-refractivity contribution in [2.75, 3.05) is 0 Å². The number of benzene rings is 1. The smallest absolute Gasteiger partial charge is 0.274 e. The van der Waals surface area contributed by atoms with Crippen molar-refractivity contribution in [3.63, 3.8) is 0 Å². The first-order valence-electron chi connectivity index (χ1n) is 3.00. The van der Waals surface area contributed by atoms with E-state index in [9.17, 15) is 8.42 Å². The van der Waals surface area contributed by atoms with Gasteiger partial charge in [-0.15, -0.1) is 0 Å². The number of hydrogen-bond acceptors (Lipinski definition) is 3. The molecule has 0 saturated carbocycles. The molecule has 12 heavy (non-hydrogen) atoms. The van der Waals surface area contributed by atoms with Gasteiger partial charge in [0.15, 0.2) is 0 Å². The average Bonchev–Trinajstić information content (AvgIpc) is 2.06. The summed E-state index contributed by atoms with van der Waals surface area (Å²) in [4.78, 5) is 0.0318. The van der Waals surface area contributed by atoms with Crippen molar-refractivity contribution < 1.29 is 13.6 Å². The fourth-order valence-corrected chi connectivity index (χ4v) is 1.86. The van der Waals surface area contributed by atoms with Gasteiger partial charge in [0.1, 0.15) is 0 Å². The quantitative estimate of drug-likeness (QED) is 0.639. The number of nitrogens with zero attached hydrogens (tertiary/aromatic N) is 1. The Morgan fingerprint density at radius 3 is 2.17 bits per heavy atom. The van der Waals surface area contributed by atoms with Crippen LogP contribution >= 0.6 is 16.1 Å². The molecule has 0 aliphatic carbocycles. The van der Waals surface area contributed by atoms with E-state index in [-0.39, 0.29) is 8.39 Å². The topological polar surface area (TPSA) is 57.6 Å². The highest BCUT2D eigenvalue weighted by Crippen LogP contribution is 2.15. The molecule has 0 spiro atoms. The monoisotopic (exact) mass is 251 g/mol. The average molecular weight is 252 g/mol. The zero-order chi connectivity index (χ0) is 9.19. The fraction of sp³-hybridized carbons (Fsp3) is 0. The SMILES string of the molecule is O=S(=O)(c1ccccc1)N(O)Br. The third-order valence-corrected chi connectivity index (χ3v) is 3.65. The van der Waals surface area contributed by atoms with Crippen LogP contribution in [0.2, 0.25) is 0 Å². The molecule has 66 valence electrons. The standard InChI is InChI=1S/C6H6BrNO3S/c7-8(9)12(10,11)6-4-2-1-3-5-6/h1-5,9H. The molecular formula is C6H6BrNO3S. The van der Waals surface area contributed by atoms with Crippen LogP contribution in [0.15, 0.2) is 35.2 Å².